The molecule has 0 spiro atoms. The quantitative estimate of drug-likeness (QED) is 0.644. The fraction of sp³-hybridized carbons (Fsp3) is 0. The van der Waals surface area contributed by atoms with Gasteiger partial charge in [-0.15, -0.1) is 0 Å². The van der Waals surface area contributed by atoms with Crippen molar-refractivity contribution < 1.29 is 0 Å². The van der Waals surface area contributed by atoms with Crippen LogP contribution in [0.5, 0.6) is 0 Å². The van der Waals surface area contributed by atoms with E-state index in [0.29, 0.717) is 22.2 Å². The normalized spacial score (nSPS) is 9.38. The minimum absolute atomic E-state index is 0.326. The predicted octanol–water partition coefficient (Wildman–Crippen LogP) is 1.31. The zero-order valence-corrected chi connectivity index (χ0v) is 6.57. The van der Waals surface area contributed by atoms with E-state index in [1.807, 2.05) is 12.1 Å². The minimum Gasteiger partial charge on any atom is -0.275 e. The van der Waals surface area contributed by atoms with Gasteiger partial charge in [0.15, 0.2) is 5.69 Å². The summed E-state index contributed by atoms with van der Waals surface area (Å²) < 4.78 is 0. The van der Waals surface area contributed by atoms with E-state index < -0.39 is 0 Å². The van der Waals surface area contributed by atoms with E-state index in [2.05, 4.69) is 10.2 Å². The Hall–Kier alpha value is -2.33. The molecule has 0 aliphatic carbocycles. The number of aromatic nitrogens is 2. The van der Waals surface area contributed by atoms with Gasteiger partial charge in [0.2, 0.25) is 0 Å². The van der Waals surface area contributed by atoms with E-state index in [4.69, 9.17) is 10.5 Å². The van der Waals surface area contributed by atoms with Crippen LogP contribution in [0.2, 0.25) is 0 Å². The van der Waals surface area contributed by atoms with Gasteiger partial charge in [-0.1, -0.05) is 6.07 Å². The summed E-state index contributed by atoms with van der Waals surface area (Å²) >= 11 is 0. The van der Waals surface area contributed by atoms with Crippen molar-refractivity contribution in [2.24, 2.45) is 0 Å². The lowest BCUT2D eigenvalue weighted by Crippen LogP contribution is -1.76. The third-order valence-electron chi connectivity index (χ3n) is 1.83. The number of fused-ring (bicyclic) bond motifs is 1. The highest BCUT2D eigenvalue weighted by Crippen LogP contribution is 2.17. The van der Waals surface area contributed by atoms with Crippen molar-refractivity contribution >= 4 is 10.9 Å². The molecule has 0 fully saturated rings. The van der Waals surface area contributed by atoms with Crippen LogP contribution >= 0.6 is 0 Å². The Morgan fingerprint density at radius 3 is 2.77 bits per heavy atom. The van der Waals surface area contributed by atoms with E-state index in [9.17, 15) is 0 Å². The topological polar surface area (TPSA) is 76.3 Å². The first-order valence-electron chi connectivity index (χ1n) is 3.64. The van der Waals surface area contributed by atoms with Crippen molar-refractivity contribution in [3.05, 3.63) is 29.5 Å². The fourth-order valence-electron chi connectivity index (χ4n) is 1.22. The van der Waals surface area contributed by atoms with Crippen LogP contribution in [-0.2, 0) is 0 Å². The van der Waals surface area contributed by atoms with Gasteiger partial charge in [-0.2, -0.15) is 15.6 Å². The van der Waals surface area contributed by atoms with Crippen molar-refractivity contribution in [2.45, 2.75) is 0 Å². The molecular formula is C9H4N4. The third kappa shape index (κ3) is 0.935. The Balaban J connectivity index is 2.91. The molecule has 0 aliphatic rings. The van der Waals surface area contributed by atoms with Crippen molar-refractivity contribution in [1.82, 2.24) is 10.2 Å². The lowest BCUT2D eigenvalue weighted by molar-refractivity contribution is 1.10. The molecule has 0 bridgehead atoms. The smallest absolute Gasteiger partial charge is 0.170 e. The second-order valence-corrected chi connectivity index (χ2v) is 2.52. The summed E-state index contributed by atoms with van der Waals surface area (Å²) in [6, 6.07) is 9.15. The number of benzene rings is 1. The summed E-state index contributed by atoms with van der Waals surface area (Å²) in [6.45, 7) is 0. The number of hydrogen-bond acceptors (Lipinski definition) is 3. The molecule has 0 amide bonds. The van der Waals surface area contributed by atoms with Gasteiger partial charge >= 0.3 is 0 Å². The zero-order valence-electron chi connectivity index (χ0n) is 6.57. The van der Waals surface area contributed by atoms with Crippen LogP contribution in [0.1, 0.15) is 11.3 Å². The average Bonchev–Trinajstić information content (AvgIpc) is 2.60. The van der Waals surface area contributed by atoms with Gasteiger partial charge in [-0.3, -0.25) is 5.10 Å². The highest BCUT2D eigenvalue weighted by molar-refractivity contribution is 5.87. The Morgan fingerprint density at radius 2 is 2.08 bits per heavy atom. The van der Waals surface area contributed by atoms with Crippen molar-refractivity contribution in [2.75, 3.05) is 0 Å². The Kier molecular flexibility index (Phi) is 1.47. The van der Waals surface area contributed by atoms with Gasteiger partial charge in [0, 0.05) is 5.39 Å². The first-order chi connectivity index (χ1) is 6.36. The number of aromatic amines is 1. The summed E-state index contributed by atoms with van der Waals surface area (Å²) in [5.74, 6) is 0. The van der Waals surface area contributed by atoms with E-state index in [1.165, 1.54) is 0 Å². The zero-order chi connectivity index (χ0) is 9.26. The summed E-state index contributed by atoms with van der Waals surface area (Å²) in [5, 5.41) is 24.6. The molecule has 0 unspecified atom stereocenters. The van der Waals surface area contributed by atoms with Crippen LogP contribution in [-0.4, -0.2) is 10.2 Å². The number of H-pyrrole nitrogens is 1. The van der Waals surface area contributed by atoms with E-state index in [-0.39, 0.29) is 0 Å². The van der Waals surface area contributed by atoms with Crippen molar-refractivity contribution in [1.29, 1.82) is 10.5 Å². The molecule has 0 aliphatic heterocycles. The fourth-order valence-corrected chi connectivity index (χ4v) is 1.22. The van der Waals surface area contributed by atoms with Crippen molar-refractivity contribution in [3.63, 3.8) is 0 Å². The highest BCUT2D eigenvalue weighted by atomic mass is 15.1. The summed E-state index contributed by atoms with van der Waals surface area (Å²) in [6.07, 6.45) is 0. The number of para-hydroxylation sites is 1. The van der Waals surface area contributed by atoms with E-state index in [1.54, 1.807) is 18.2 Å². The summed E-state index contributed by atoms with van der Waals surface area (Å²) in [7, 11) is 0. The molecule has 0 atom stereocenters. The van der Waals surface area contributed by atoms with Gasteiger partial charge in [0.1, 0.15) is 12.1 Å². The van der Waals surface area contributed by atoms with Crippen LogP contribution in [0.4, 0.5) is 0 Å². The second-order valence-electron chi connectivity index (χ2n) is 2.52. The van der Waals surface area contributed by atoms with Crippen LogP contribution < -0.4 is 0 Å². The summed E-state index contributed by atoms with van der Waals surface area (Å²) in [5.41, 5.74) is 1.46. The molecule has 1 N–H and O–H groups in total. The molecule has 2 rings (SSSR count). The molecule has 0 radical (unpaired) electrons. The molecule has 1 aromatic heterocycles. The number of hydrogen-bond donors (Lipinski definition) is 1. The number of nitrogens with zero attached hydrogens (tertiary/aromatic N) is 3. The maximum absolute atomic E-state index is 8.74. The van der Waals surface area contributed by atoms with E-state index >= 15 is 0 Å². The standard InChI is InChI=1S/C9H4N4/c10-4-6-2-1-3-7-8(5-11)12-13-9(6)7/h1-3H,(H,12,13). The number of nitriles is 2. The highest BCUT2D eigenvalue weighted by Gasteiger charge is 2.06. The molecular weight excluding hydrogens is 164 g/mol. The lowest BCUT2D eigenvalue weighted by atomic mass is 10.1. The predicted molar refractivity (Wildman–Crippen MR) is 45.5 cm³/mol. The molecule has 2 aromatic rings. The van der Waals surface area contributed by atoms with Gasteiger partial charge in [-0.05, 0) is 12.1 Å². The lowest BCUT2D eigenvalue weighted by Gasteiger charge is -1.89. The molecule has 1 aromatic carbocycles. The Labute approximate surface area is 74.0 Å². The third-order valence-corrected chi connectivity index (χ3v) is 1.83. The minimum atomic E-state index is 0.326. The monoisotopic (exact) mass is 168 g/mol. The van der Waals surface area contributed by atoms with Crippen LogP contribution in [0.3, 0.4) is 0 Å². The SMILES string of the molecule is N#Cc1n[nH]c2c(C#N)cccc12. The Morgan fingerprint density at radius 1 is 1.23 bits per heavy atom. The maximum Gasteiger partial charge on any atom is 0.170 e. The van der Waals surface area contributed by atoms with Gasteiger partial charge < -0.3 is 0 Å². The van der Waals surface area contributed by atoms with Gasteiger partial charge in [-0.25, -0.2) is 0 Å². The first-order valence-corrected chi connectivity index (χ1v) is 3.64. The first kappa shape index (κ1) is 7.33. The molecule has 4 heteroatoms. The van der Waals surface area contributed by atoms with Crippen molar-refractivity contribution in [3.8, 4) is 12.1 Å². The average molecular weight is 168 g/mol. The number of rotatable bonds is 0. The maximum atomic E-state index is 8.74. The summed E-state index contributed by atoms with van der Waals surface area (Å²) in [4.78, 5) is 0. The largest absolute Gasteiger partial charge is 0.275 e. The van der Waals surface area contributed by atoms with Crippen LogP contribution in [0.15, 0.2) is 18.2 Å². The van der Waals surface area contributed by atoms with Crippen LogP contribution in [0.25, 0.3) is 10.9 Å². The van der Waals surface area contributed by atoms with Crippen LogP contribution in [0, 0.1) is 22.7 Å². The van der Waals surface area contributed by atoms with Gasteiger partial charge in [0.05, 0.1) is 11.1 Å². The molecule has 1 heterocycles. The number of nitrogens with one attached hydrogen (secondary N) is 1. The molecule has 0 saturated heterocycles. The van der Waals surface area contributed by atoms with Gasteiger partial charge in [0.25, 0.3) is 0 Å². The molecule has 4 nitrogen and oxygen atoms in total. The Bertz CT molecular complexity index is 539. The molecule has 13 heavy (non-hydrogen) atoms. The molecule has 60 valence electrons. The van der Waals surface area contributed by atoms with E-state index in [0.717, 1.165) is 0 Å². The second kappa shape index (κ2) is 2.62. The molecule has 0 saturated carbocycles.